The van der Waals surface area contributed by atoms with Gasteiger partial charge >= 0.3 is 5.69 Å². The minimum Gasteiger partial charge on any atom is -0.441 e. The summed E-state index contributed by atoms with van der Waals surface area (Å²) in [6.45, 7) is 2.38. The van der Waals surface area contributed by atoms with Gasteiger partial charge in [-0.1, -0.05) is 60.3 Å². The second-order valence-corrected chi connectivity index (χ2v) is 7.00. The summed E-state index contributed by atoms with van der Waals surface area (Å²) in [6, 6.07) is 19.6. The monoisotopic (exact) mass is 378 g/mol. The molecule has 2 aromatic heterocycles. The van der Waals surface area contributed by atoms with Gasteiger partial charge in [-0.3, -0.25) is 4.57 Å². The second kappa shape index (κ2) is 7.67. The predicted octanol–water partition coefficient (Wildman–Crippen LogP) is 3.88. The topological polar surface area (TPSA) is 76.7 Å². The third-order valence-corrected chi connectivity index (χ3v) is 5.15. The molecule has 0 spiro atoms. The lowest BCUT2D eigenvalue weighted by Crippen LogP contribution is -2.18. The van der Waals surface area contributed by atoms with Gasteiger partial charge in [0.05, 0.1) is 12.2 Å². The van der Waals surface area contributed by atoms with E-state index >= 15 is 0 Å². The number of aromatic nitrogens is 4. The van der Waals surface area contributed by atoms with Crippen molar-refractivity contribution in [2.24, 2.45) is 0 Å². The standard InChI is InChI=1S/C20H18N4O2S/c1-14-17(21-18(26-14)16-10-6-3-7-11-16)13-27-20-23-22-19(25)24(20)12-15-8-4-2-5-9-15/h2-11H,12-13H2,1H3,(H,22,25). The van der Waals surface area contributed by atoms with Gasteiger partial charge in [0.15, 0.2) is 5.16 Å². The third-order valence-electron chi connectivity index (χ3n) is 4.16. The van der Waals surface area contributed by atoms with Crippen LogP contribution in [-0.4, -0.2) is 19.7 Å². The lowest BCUT2D eigenvalue weighted by atomic mass is 10.2. The van der Waals surface area contributed by atoms with Crippen LogP contribution in [0.1, 0.15) is 17.0 Å². The Hall–Kier alpha value is -3.06. The van der Waals surface area contributed by atoms with E-state index in [1.54, 1.807) is 4.57 Å². The predicted molar refractivity (Wildman–Crippen MR) is 105 cm³/mol. The molecule has 4 aromatic rings. The Morgan fingerprint density at radius 1 is 1.07 bits per heavy atom. The van der Waals surface area contributed by atoms with Crippen molar-refractivity contribution >= 4 is 11.8 Å². The van der Waals surface area contributed by atoms with Gasteiger partial charge in [0.25, 0.3) is 0 Å². The number of hydrogen-bond acceptors (Lipinski definition) is 5. The van der Waals surface area contributed by atoms with Crippen LogP contribution in [0.2, 0.25) is 0 Å². The fourth-order valence-electron chi connectivity index (χ4n) is 2.72. The highest BCUT2D eigenvalue weighted by molar-refractivity contribution is 7.98. The van der Waals surface area contributed by atoms with Crippen molar-refractivity contribution in [2.75, 3.05) is 0 Å². The van der Waals surface area contributed by atoms with Crippen LogP contribution in [0.15, 0.2) is 75.0 Å². The van der Waals surface area contributed by atoms with Gasteiger partial charge < -0.3 is 4.42 Å². The smallest absolute Gasteiger partial charge is 0.344 e. The van der Waals surface area contributed by atoms with Gasteiger partial charge in [-0.25, -0.2) is 14.9 Å². The Bertz CT molecular complexity index is 1080. The molecular weight excluding hydrogens is 360 g/mol. The molecule has 0 atom stereocenters. The number of thioether (sulfide) groups is 1. The highest BCUT2D eigenvalue weighted by Crippen LogP contribution is 2.26. The largest absolute Gasteiger partial charge is 0.441 e. The maximum Gasteiger partial charge on any atom is 0.344 e. The summed E-state index contributed by atoms with van der Waals surface area (Å²) in [7, 11) is 0. The molecule has 0 fully saturated rings. The minimum absolute atomic E-state index is 0.219. The highest BCUT2D eigenvalue weighted by Gasteiger charge is 2.15. The molecule has 2 heterocycles. The Labute approximate surface area is 160 Å². The number of hydrogen-bond donors (Lipinski definition) is 1. The molecule has 0 aliphatic rings. The van der Waals surface area contributed by atoms with Crippen LogP contribution < -0.4 is 5.69 Å². The number of aryl methyl sites for hydroxylation is 1. The van der Waals surface area contributed by atoms with Crippen molar-refractivity contribution in [3.05, 3.63) is 88.2 Å². The molecule has 136 valence electrons. The molecule has 0 aliphatic heterocycles. The van der Waals surface area contributed by atoms with Gasteiger partial charge in [0.1, 0.15) is 5.76 Å². The van der Waals surface area contributed by atoms with E-state index in [4.69, 9.17) is 4.42 Å². The number of oxazole rings is 1. The second-order valence-electron chi connectivity index (χ2n) is 6.06. The molecule has 0 bridgehead atoms. The van der Waals surface area contributed by atoms with Crippen LogP contribution in [0.5, 0.6) is 0 Å². The van der Waals surface area contributed by atoms with Crippen molar-refractivity contribution in [2.45, 2.75) is 24.4 Å². The first-order valence-electron chi connectivity index (χ1n) is 8.54. The van der Waals surface area contributed by atoms with Gasteiger partial charge in [-0.2, -0.15) is 0 Å². The van der Waals surface area contributed by atoms with E-state index < -0.39 is 0 Å². The summed E-state index contributed by atoms with van der Waals surface area (Å²) in [5.41, 5.74) is 2.62. The maximum atomic E-state index is 12.1. The summed E-state index contributed by atoms with van der Waals surface area (Å²) in [5, 5.41) is 7.32. The molecule has 7 heteroatoms. The molecule has 0 amide bonds. The zero-order valence-corrected chi connectivity index (χ0v) is 15.6. The SMILES string of the molecule is Cc1oc(-c2ccccc2)nc1CSc1n[nH]c(=O)n1Cc1ccccc1. The lowest BCUT2D eigenvalue weighted by molar-refractivity contribution is 0.540. The Kier molecular flexibility index (Phi) is 4.93. The minimum atomic E-state index is -0.219. The number of rotatable bonds is 6. The average molecular weight is 378 g/mol. The van der Waals surface area contributed by atoms with E-state index in [-0.39, 0.29) is 5.69 Å². The van der Waals surface area contributed by atoms with Crippen LogP contribution in [0.3, 0.4) is 0 Å². The Morgan fingerprint density at radius 3 is 2.52 bits per heavy atom. The fourth-order valence-corrected chi connectivity index (χ4v) is 3.67. The van der Waals surface area contributed by atoms with E-state index in [0.717, 1.165) is 22.6 Å². The van der Waals surface area contributed by atoms with Crippen molar-refractivity contribution in [3.8, 4) is 11.5 Å². The number of nitrogens with zero attached hydrogens (tertiary/aromatic N) is 3. The van der Waals surface area contributed by atoms with E-state index in [2.05, 4.69) is 15.2 Å². The molecule has 4 rings (SSSR count). The molecule has 2 aromatic carbocycles. The quantitative estimate of drug-likeness (QED) is 0.515. The highest BCUT2D eigenvalue weighted by atomic mass is 32.2. The van der Waals surface area contributed by atoms with E-state index in [1.165, 1.54) is 11.8 Å². The number of H-pyrrole nitrogens is 1. The summed E-state index contributed by atoms with van der Waals surface area (Å²) < 4.78 is 7.43. The zero-order valence-electron chi connectivity index (χ0n) is 14.8. The van der Waals surface area contributed by atoms with Crippen LogP contribution in [0, 0.1) is 6.92 Å². The van der Waals surface area contributed by atoms with Crippen molar-refractivity contribution in [1.29, 1.82) is 0 Å². The molecule has 0 aliphatic carbocycles. The van der Waals surface area contributed by atoms with Gasteiger partial charge in [0.2, 0.25) is 5.89 Å². The Morgan fingerprint density at radius 2 is 1.78 bits per heavy atom. The molecule has 0 saturated carbocycles. The molecule has 1 N–H and O–H groups in total. The number of aromatic amines is 1. The van der Waals surface area contributed by atoms with Crippen LogP contribution >= 0.6 is 11.8 Å². The summed E-state index contributed by atoms with van der Waals surface area (Å²) >= 11 is 1.46. The fraction of sp³-hybridized carbons (Fsp3) is 0.150. The molecule has 6 nitrogen and oxygen atoms in total. The summed E-state index contributed by atoms with van der Waals surface area (Å²) in [6.07, 6.45) is 0. The molecule has 27 heavy (non-hydrogen) atoms. The van der Waals surface area contributed by atoms with E-state index in [1.807, 2.05) is 67.6 Å². The third kappa shape index (κ3) is 3.88. The number of benzene rings is 2. The zero-order chi connectivity index (χ0) is 18.6. The van der Waals surface area contributed by atoms with Crippen molar-refractivity contribution < 1.29 is 4.42 Å². The summed E-state index contributed by atoms with van der Waals surface area (Å²) in [4.78, 5) is 16.7. The van der Waals surface area contributed by atoms with Crippen LogP contribution in [0.4, 0.5) is 0 Å². The average Bonchev–Trinajstić information content (AvgIpc) is 3.25. The molecule has 0 unspecified atom stereocenters. The van der Waals surface area contributed by atoms with E-state index in [9.17, 15) is 4.79 Å². The molecular formula is C20H18N4O2S. The van der Waals surface area contributed by atoms with Gasteiger partial charge in [-0.15, -0.1) is 5.10 Å². The van der Waals surface area contributed by atoms with Crippen molar-refractivity contribution in [1.82, 2.24) is 19.7 Å². The van der Waals surface area contributed by atoms with Crippen molar-refractivity contribution in [3.63, 3.8) is 0 Å². The maximum absolute atomic E-state index is 12.1. The first-order chi connectivity index (χ1) is 13.2. The lowest BCUT2D eigenvalue weighted by Gasteiger charge is -2.05. The summed E-state index contributed by atoms with van der Waals surface area (Å²) in [5.74, 6) is 1.95. The van der Waals surface area contributed by atoms with Gasteiger partial charge in [0, 0.05) is 11.3 Å². The van der Waals surface area contributed by atoms with Gasteiger partial charge in [-0.05, 0) is 24.6 Å². The Balaban J connectivity index is 1.52. The molecule has 0 radical (unpaired) electrons. The van der Waals surface area contributed by atoms with Crippen LogP contribution in [0.25, 0.3) is 11.5 Å². The number of nitrogens with one attached hydrogen (secondary N) is 1. The molecule has 0 saturated heterocycles. The van der Waals surface area contributed by atoms with Crippen LogP contribution in [-0.2, 0) is 12.3 Å². The first kappa shape index (κ1) is 17.4. The van der Waals surface area contributed by atoms with E-state index in [0.29, 0.717) is 23.3 Å². The normalized spacial score (nSPS) is 11.0. The first-order valence-corrected chi connectivity index (χ1v) is 9.53.